The molecule has 0 saturated heterocycles. The van der Waals surface area contributed by atoms with Gasteiger partial charge in [-0.3, -0.25) is 4.79 Å². The highest BCUT2D eigenvalue weighted by Gasteiger charge is 2.09. The lowest BCUT2D eigenvalue weighted by Gasteiger charge is -2.13. The third-order valence-electron chi connectivity index (χ3n) is 2.88. The van der Waals surface area contributed by atoms with Gasteiger partial charge in [-0.25, -0.2) is 0 Å². The van der Waals surface area contributed by atoms with Gasteiger partial charge >= 0.3 is 0 Å². The second kappa shape index (κ2) is 7.84. The standard InChI is InChI=1S/C14H21NO3/c1-2-11-3-5-12(6-4-11)7-8-14(18)15-13(9-16)10-17/h3-6,13,16-17H,2,7-10H2,1H3,(H,15,18). The molecule has 0 aromatic heterocycles. The molecule has 0 heterocycles. The van der Waals surface area contributed by atoms with Crippen molar-refractivity contribution in [3.8, 4) is 0 Å². The van der Waals surface area contributed by atoms with Gasteiger partial charge in [0, 0.05) is 6.42 Å². The van der Waals surface area contributed by atoms with E-state index in [2.05, 4.69) is 24.4 Å². The van der Waals surface area contributed by atoms with Crippen LogP contribution < -0.4 is 5.32 Å². The predicted octanol–water partition coefficient (Wildman–Crippen LogP) is 0.651. The highest BCUT2D eigenvalue weighted by atomic mass is 16.3. The van der Waals surface area contributed by atoms with E-state index in [9.17, 15) is 4.79 Å². The molecule has 0 aliphatic heterocycles. The van der Waals surface area contributed by atoms with Crippen LogP contribution in [0, 0.1) is 0 Å². The van der Waals surface area contributed by atoms with Crippen molar-refractivity contribution < 1.29 is 15.0 Å². The van der Waals surface area contributed by atoms with Crippen LogP contribution in [0.15, 0.2) is 24.3 Å². The molecule has 0 unspecified atom stereocenters. The zero-order valence-corrected chi connectivity index (χ0v) is 10.7. The number of carbonyl (C=O) groups excluding carboxylic acids is 1. The highest BCUT2D eigenvalue weighted by Crippen LogP contribution is 2.07. The molecule has 4 heteroatoms. The van der Waals surface area contributed by atoms with Crippen LogP contribution in [-0.2, 0) is 17.6 Å². The normalized spacial score (nSPS) is 10.7. The third-order valence-corrected chi connectivity index (χ3v) is 2.88. The monoisotopic (exact) mass is 251 g/mol. The first-order valence-electron chi connectivity index (χ1n) is 6.28. The number of amides is 1. The van der Waals surface area contributed by atoms with Gasteiger partial charge in [-0.15, -0.1) is 0 Å². The molecule has 1 aromatic carbocycles. The minimum Gasteiger partial charge on any atom is -0.394 e. The fourth-order valence-electron chi connectivity index (χ4n) is 1.65. The second-order valence-corrected chi connectivity index (χ2v) is 4.30. The smallest absolute Gasteiger partial charge is 0.220 e. The lowest BCUT2D eigenvalue weighted by molar-refractivity contribution is -0.122. The molecule has 100 valence electrons. The first-order valence-corrected chi connectivity index (χ1v) is 6.28. The number of aliphatic hydroxyl groups excluding tert-OH is 2. The Morgan fingerprint density at radius 2 is 1.72 bits per heavy atom. The van der Waals surface area contributed by atoms with E-state index in [1.165, 1.54) is 5.56 Å². The largest absolute Gasteiger partial charge is 0.394 e. The SMILES string of the molecule is CCc1ccc(CCC(=O)NC(CO)CO)cc1. The maximum Gasteiger partial charge on any atom is 0.220 e. The second-order valence-electron chi connectivity index (χ2n) is 4.30. The van der Waals surface area contributed by atoms with Gasteiger partial charge in [-0.2, -0.15) is 0 Å². The van der Waals surface area contributed by atoms with Crippen LogP contribution in [0.1, 0.15) is 24.5 Å². The van der Waals surface area contributed by atoms with E-state index < -0.39 is 6.04 Å². The van der Waals surface area contributed by atoms with E-state index in [0.717, 1.165) is 12.0 Å². The summed E-state index contributed by atoms with van der Waals surface area (Å²) in [5.41, 5.74) is 2.40. The van der Waals surface area contributed by atoms with Crippen LogP contribution in [0.4, 0.5) is 0 Å². The summed E-state index contributed by atoms with van der Waals surface area (Å²) in [7, 11) is 0. The molecule has 0 aliphatic carbocycles. The number of nitrogens with one attached hydrogen (secondary N) is 1. The average molecular weight is 251 g/mol. The quantitative estimate of drug-likeness (QED) is 0.666. The lowest BCUT2D eigenvalue weighted by Crippen LogP contribution is -2.40. The van der Waals surface area contributed by atoms with Gasteiger partial charge in [-0.1, -0.05) is 31.2 Å². The van der Waals surface area contributed by atoms with E-state index in [4.69, 9.17) is 10.2 Å². The Bertz CT molecular complexity index is 358. The van der Waals surface area contributed by atoms with Crippen molar-refractivity contribution in [2.24, 2.45) is 0 Å². The van der Waals surface area contributed by atoms with Crippen LogP contribution in [0.25, 0.3) is 0 Å². The molecule has 18 heavy (non-hydrogen) atoms. The Labute approximate surface area is 108 Å². The number of carbonyl (C=O) groups is 1. The zero-order valence-electron chi connectivity index (χ0n) is 10.7. The van der Waals surface area contributed by atoms with Gasteiger partial charge in [-0.05, 0) is 24.0 Å². The number of benzene rings is 1. The van der Waals surface area contributed by atoms with Gasteiger partial charge in [0.15, 0.2) is 0 Å². The van der Waals surface area contributed by atoms with Crippen molar-refractivity contribution in [2.75, 3.05) is 13.2 Å². The number of rotatable bonds is 7. The van der Waals surface area contributed by atoms with Gasteiger partial charge in [0.25, 0.3) is 0 Å². The molecule has 3 N–H and O–H groups in total. The number of aryl methyl sites for hydroxylation is 2. The fourth-order valence-corrected chi connectivity index (χ4v) is 1.65. The minimum atomic E-state index is -0.556. The Morgan fingerprint density at radius 3 is 2.22 bits per heavy atom. The highest BCUT2D eigenvalue weighted by molar-refractivity contribution is 5.76. The van der Waals surface area contributed by atoms with Crippen molar-refractivity contribution in [1.82, 2.24) is 5.32 Å². The van der Waals surface area contributed by atoms with E-state index in [0.29, 0.717) is 12.8 Å². The average Bonchev–Trinajstić information content (AvgIpc) is 2.43. The zero-order chi connectivity index (χ0) is 13.4. The van der Waals surface area contributed by atoms with E-state index in [1.54, 1.807) is 0 Å². The molecule has 0 saturated carbocycles. The van der Waals surface area contributed by atoms with Crippen LogP contribution >= 0.6 is 0 Å². The van der Waals surface area contributed by atoms with Gasteiger partial charge in [0.1, 0.15) is 0 Å². The summed E-state index contributed by atoms with van der Waals surface area (Å²) in [6.45, 7) is 1.62. The molecule has 1 amide bonds. The van der Waals surface area contributed by atoms with Crippen molar-refractivity contribution >= 4 is 5.91 Å². The molecule has 0 fully saturated rings. The van der Waals surface area contributed by atoms with Crippen LogP contribution in [0.5, 0.6) is 0 Å². The molecule has 1 rings (SSSR count). The maximum atomic E-state index is 11.5. The van der Waals surface area contributed by atoms with E-state index in [-0.39, 0.29) is 19.1 Å². The summed E-state index contributed by atoms with van der Waals surface area (Å²) >= 11 is 0. The van der Waals surface area contributed by atoms with Crippen molar-refractivity contribution in [1.29, 1.82) is 0 Å². The van der Waals surface area contributed by atoms with Crippen LogP contribution in [0.3, 0.4) is 0 Å². The number of hydrogen-bond acceptors (Lipinski definition) is 3. The van der Waals surface area contributed by atoms with E-state index >= 15 is 0 Å². The van der Waals surface area contributed by atoms with Gasteiger partial charge in [0.05, 0.1) is 19.3 Å². The summed E-state index contributed by atoms with van der Waals surface area (Å²) in [5, 5.41) is 20.3. The Kier molecular flexibility index (Phi) is 6.39. The summed E-state index contributed by atoms with van der Waals surface area (Å²) < 4.78 is 0. The minimum absolute atomic E-state index is 0.150. The first kappa shape index (κ1) is 14.7. The molecular weight excluding hydrogens is 230 g/mol. The Morgan fingerprint density at radius 1 is 1.17 bits per heavy atom. The van der Waals surface area contributed by atoms with Gasteiger partial charge < -0.3 is 15.5 Å². The molecule has 4 nitrogen and oxygen atoms in total. The summed E-state index contributed by atoms with van der Waals surface area (Å²) in [4.78, 5) is 11.5. The number of aliphatic hydroxyl groups is 2. The van der Waals surface area contributed by atoms with Crippen molar-refractivity contribution in [2.45, 2.75) is 32.2 Å². The lowest BCUT2D eigenvalue weighted by atomic mass is 10.1. The molecule has 0 spiro atoms. The summed E-state index contributed by atoms with van der Waals surface area (Å²) in [6.07, 6.45) is 2.04. The van der Waals surface area contributed by atoms with E-state index in [1.807, 2.05) is 12.1 Å². The maximum absolute atomic E-state index is 11.5. The van der Waals surface area contributed by atoms with Crippen molar-refractivity contribution in [3.63, 3.8) is 0 Å². The summed E-state index contributed by atoms with van der Waals surface area (Å²) in [5.74, 6) is -0.150. The fraction of sp³-hybridized carbons (Fsp3) is 0.500. The topological polar surface area (TPSA) is 69.6 Å². The summed E-state index contributed by atoms with van der Waals surface area (Å²) in [6, 6.07) is 7.64. The Hall–Kier alpha value is -1.39. The first-order chi connectivity index (χ1) is 8.69. The molecule has 0 bridgehead atoms. The molecule has 1 aromatic rings. The van der Waals surface area contributed by atoms with Gasteiger partial charge in [0.2, 0.25) is 5.91 Å². The third kappa shape index (κ3) is 4.85. The number of hydrogen-bond donors (Lipinski definition) is 3. The molecule has 0 atom stereocenters. The van der Waals surface area contributed by atoms with Crippen LogP contribution in [-0.4, -0.2) is 35.4 Å². The predicted molar refractivity (Wildman–Crippen MR) is 70.2 cm³/mol. The molecular formula is C14H21NO3. The molecule has 0 aliphatic rings. The van der Waals surface area contributed by atoms with Crippen molar-refractivity contribution in [3.05, 3.63) is 35.4 Å². The molecule has 0 radical (unpaired) electrons. The van der Waals surface area contributed by atoms with Crippen LogP contribution in [0.2, 0.25) is 0 Å². The Balaban J connectivity index is 2.37.